The van der Waals surface area contributed by atoms with Crippen molar-refractivity contribution >= 4 is 33.5 Å². The Morgan fingerprint density at radius 3 is 2.59 bits per heavy atom. The maximum absolute atomic E-state index is 9.43. The van der Waals surface area contributed by atoms with E-state index in [-0.39, 0.29) is 0 Å². The molecule has 27 heavy (non-hydrogen) atoms. The lowest BCUT2D eigenvalue weighted by Crippen LogP contribution is -1.97. The minimum absolute atomic E-state index is 0.682. The lowest BCUT2D eigenvalue weighted by molar-refractivity contribution is 0.836. The van der Waals surface area contributed by atoms with Crippen molar-refractivity contribution < 1.29 is 0 Å². The average molecular weight is 369 g/mol. The molecule has 0 unspecified atom stereocenters. The molecule has 4 rings (SSSR count). The van der Waals surface area contributed by atoms with Crippen LogP contribution >= 0.6 is 11.3 Å². The fourth-order valence-corrected chi connectivity index (χ4v) is 4.20. The Morgan fingerprint density at radius 1 is 1.07 bits per heavy atom. The number of nitriles is 1. The van der Waals surface area contributed by atoms with Gasteiger partial charge in [-0.15, -0.1) is 11.3 Å². The molecule has 2 heterocycles. The molecule has 0 radical (unpaired) electrons. The highest BCUT2D eigenvalue weighted by Gasteiger charge is 2.12. The van der Waals surface area contributed by atoms with Crippen LogP contribution in [0.1, 0.15) is 27.1 Å². The second-order valence-electron chi connectivity index (χ2n) is 6.55. The van der Waals surface area contributed by atoms with E-state index in [0.29, 0.717) is 5.56 Å². The molecule has 0 atom stereocenters. The molecule has 0 aliphatic rings. The lowest BCUT2D eigenvalue weighted by atomic mass is 10.2. The first-order chi connectivity index (χ1) is 13.2. The molecular weight excluding hydrogens is 350 g/mol. The molecule has 4 aromatic rings. The Labute approximate surface area is 162 Å². The number of para-hydroxylation sites is 1. The Morgan fingerprint density at radius 2 is 1.81 bits per heavy atom. The zero-order valence-electron chi connectivity index (χ0n) is 15.3. The number of hydrogen-bond donors (Lipinski definition) is 0. The molecular formula is C23H19N3S. The van der Waals surface area contributed by atoms with E-state index in [1.807, 2.05) is 32.2 Å². The lowest BCUT2D eigenvalue weighted by Gasteiger charge is -2.05. The first-order valence-electron chi connectivity index (χ1n) is 8.83. The van der Waals surface area contributed by atoms with E-state index in [1.165, 1.54) is 16.5 Å². The SMILES string of the molecule is Cc1sc(N=Cc2cn(Cc3ccccc3)c3ccccc23)c(C#N)c1C. The van der Waals surface area contributed by atoms with Crippen molar-refractivity contribution in [3.63, 3.8) is 0 Å². The summed E-state index contributed by atoms with van der Waals surface area (Å²) in [5.74, 6) is 0. The number of aryl methyl sites for hydroxylation is 1. The molecule has 0 amide bonds. The van der Waals surface area contributed by atoms with Crippen LogP contribution in [0, 0.1) is 25.2 Å². The van der Waals surface area contributed by atoms with Crippen molar-refractivity contribution in [3.8, 4) is 6.07 Å². The molecule has 0 N–H and O–H groups in total. The highest BCUT2D eigenvalue weighted by atomic mass is 32.1. The van der Waals surface area contributed by atoms with Gasteiger partial charge in [-0.05, 0) is 31.0 Å². The molecule has 0 bridgehead atoms. The number of hydrogen-bond acceptors (Lipinski definition) is 3. The fraction of sp³-hybridized carbons (Fsp3) is 0.130. The molecule has 2 aromatic heterocycles. The third kappa shape index (κ3) is 3.30. The topological polar surface area (TPSA) is 41.1 Å². The quantitative estimate of drug-likeness (QED) is 0.407. The van der Waals surface area contributed by atoms with E-state index in [1.54, 1.807) is 11.3 Å². The van der Waals surface area contributed by atoms with Crippen LogP contribution in [0.4, 0.5) is 5.00 Å². The van der Waals surface area contributed by atoms with Crippen LogP contribution in [0.25, 0.3) is 10.9 Å². The van der Waals surface area contributed by atoms with Gasteiger partial charge in [0.25, 0.3) is 0 Å². The number of rotatable bonds is 4. The van der Waals surface area contributed by atoms with Gasteiger partial charge in [0.05, 0.1) is 5.56 Å². The van der Waals surface area contributed by atoms with Gasteiger partial charge in [0, 0.05) is 40.3 Å². The summed E-state index contributed by atoms with van der Waals surface area (Å²) in [4.78, 5) is 5.80. The van der Waals surface area contributed by atoms with E-state index in [2.05, 4.69) is 64.3 Å². The summed E-state index contributed by atoms with van der Waals surface area (Å²) in [5.41, 5.74) is 5.22. The van der Waals surface area contributed by atoms with Gasteiger partial charge < -0.3 is 4.57 Å². The van der Waals surface area contributed by atoms with Crippen LogP contribution in [0.5, 0.6) is 0 Å². The molecule has 0 saturated carbocycles. The largest absolute Gasteiger partial charge is 0.342 e. The third-order valence-corrected chi connectivity index (χ3v) is 5.93. The van der Waals surface area contributed by atoms with E-state index in [4.69, 9.17) is 0 Å². The molecule has 0 fully saturated rings. The van der Waals surface area contributed by atoms with Gasteiger partial charge in [-0.2, -0.15) is 5.26 Å². The standard InChI is InChI=1S/C23H19N3S/c1-16-17(2)27-23(21(16)12-24)25-13-19-15-26(14-18-8-4-3-5-9-18)22-11-7-6-10-20(19)22/h3-11,13,15H,14H2,1-2H3. The van der Waals surface area contributed by atoms with Crippen LogP contribution in [0.3, 0.4) is 0 Å². The van der Waals surface area contributed by atoms with Crippen LogP contribution < -0.4 is 0 Å². The van der Waals surface area contributed by atoms with E-state index >= 15 is 0 Å². The van der Waals surface area contributed by atoms with Crippen LogP contribution in [0.15, 0.2) is 65.8 Å². The smallest absolute Gasteiger partial charge is 0.134 e. The Bertz CT molecular complexity index is 1170. The van der Waals surface area contributed by atoms with E-state index in [0.717, 1.165) is 27.5 Å². The van der Waals surface area contributed by atoms with Crippen molar-refractivity contribution in [1.82, 2.24) is 4.57 Å². The Kier molecular flexibility index (Phi) is 4.62. The summed E-state index contributed by atoms with van der Waals surface area (Å²) in [5, 5.41) is 11.4. The van der Waals surface area contributed by atoms with Crippen molar-refractivity contribution in [2.45, 2.75) is 20.4 Å². The summed E-state index contributed by atoms with van der Waals surface area (Å²) in [6.07, 6.45) is 4.02. The van der Waals surface area contributed by atoms with Crippen molar-refractivity contribution in [3.05, 3.63) is 87.9 Å². The van der Waals surface area contributed by atoms with Crippen LogP contribution in [-0.4, -0.2) is 10.8 Å². The Balaban J connectivity index is 1.75. The zero-order valence-corrected chi connectivity index (χ0v) is 16.1. The normalized spacial score (nSPS) is 11.3. The summed E-state index contributed by atoms with van der Waals surface area (Å²) in [7, 11) is 0. The summed E-state index contributed by atoms with van der Waals surface area (Å²) < 4.78 is 2.25. The molecule has 0 aliphatic carbocycles. The van der Waals surface area contributed by atoms with Gasteiger partial charge in [-0.25, -0.2) is 4.99 Å². The van der Waals surface area contributed by atoms with Gasteiger partial charge >= 0.3 is 0 Å². The van der Waals surface area contributed by atoms with Gasteiger partial charge in [-0.1, -0.05) is 48.5 Å². The fourth-order valence-electron chi connectivity index (χ4n) is 3.25. The number of thiophene rings is 1. The van der Waals surface area contributed by atoms with Crippen LogP contribution in [0.2, 0.25) is 0 Å². The van der Waals surface area contributed by atoms with E-state index < -0.39 is 0 Å². The highest BCUT2D eigenvalue weighted by Crippen LogP contribution is 2.34. The second kappa shape index (κ2) is 7.22. The van der Waals surface area contributed by atoms with Gasteiger partial charge in [0.1, 0.15) is 11.1 Å². The predicted octanol–water partition coefficient (Wildman–Crippen LogP) is 5.99. The first-order valence-corrected chi connectivity index (χ1v) is 9.65. The third-order valence-electron chi connectivity index (χ3n) is 4.81. The maximum Gasteiger partial charge on any atom is 0.134 e. The van der Waals surface area contributed by atoms with Gasteiger partial charge in [0.15, 0.2) is 0 Å². The number of nitrogens with zero attached hydrogens (tertiary/aromatic N) is 3. The second-order valence-corrected chi connectivity index (χ2v) is 7.75. The summed E-state index contributed by atoms with van der Waals surface area (Å²) in [6.45, 7) is 4.83. The molecule has 2 aromatic carbocycles. The summed E-state index contributed by atoms with van der Waals surface area (Å²) >= 11 is 1.57. The van der Waals surface area contributed by atoms with Crippen molar-refractivity contribution in [2.75, 3.05) is 0 Å². The van der Waals surface area contributed by atoms with Gasteiger partial charge in [0.2, 0.25) is 0 Å². The number of aromatic nitrogens is 1. The first kappa shape index (κ1) is 17.3. The highest BCUT2D eigenvalue weighted by molar-refractivity contribution is 7.16. The zero-order chi connectivity index (χ0) is 18.8. The molecule has 0 aliphatic heterocycles. The van der Waals surface area contributed by atoms with Crippen LogP contribution in [-0.2, 0) is 6.54 Å². The van der Waals surface area contributed by atoms with Crippen molar-refractivity contribution in [2.24, 2.45) is 4.99 Å². The van der Waals surface area contributed by atoms with E-state index in [9.17, 15) is 5.26 Å². The predicted molar refractivity (Wildman–Crippen MR) is 113 cm³/mol. The average Bonchev–Trinajstić information content (AvgIpc) is 3.18. The molecule has 3 nitrogen and oxygen atoms in total. The summed E-state index contributed by atoms with van der Waals surface area (Å²) in [6, 6.07) is 21.1. The maximum atomic E-state index is 9.43. The molecule has 4 heteroatoms. The number of aliphatic imine (C=N–C) groups is 1. The number of fused-ring (bicyclic) bond motifs is 1. The molecule has 0 spiro atoms. The minimum Gasteiger partial charge on any atom is -0.342 e. The molecule has 0 saturated heterocycles. The monoisotopic (exact) mass is 369 g/mol. The van der Waals surface area contributed by atoms with Gasteiger partial charge in [-0.3, -0.25) is 0 Å². The number of benzene rings is 2. The minimum atomic E-state index is 0.682. The molecule has 132 valence electrons. The van der Waals surface area contributed by atoms with Crippen molar-refractivity contribution in [1.29, 1.82) is 5.26 Å². The Hall–Kier alpha value is -3.16.